The Bertz CT molecular complexity index is 466. The van der Waals surface area contributed by atoms with Gasteiger partial charge in [0.1, 0.15) is 11.2 Å². The van der Waals surface area contributed by atoms with Gasteiger partial charge < -0.3 is 10.2 Å². The molecular formula is C16H18O2. The summed E-state index contributed by atoms with van der Waals surface area (Å²) in [5.74, 6) is 11.3. The van der Waals surface area contributed by atoms with E-state index in [1.165, 1.54) is 0 Å². The van der Waals surface area contributed by atoms with Crippen molar-refractivity contribution >= 4 is 0 Å². The minimum absolute atomic E-state index is 0.825. The second-order valence-corrected chi connectivity index (χ2v) is 5.20. The first-order valence-corrected chi connectivity index (χ1v) is 5.77. The molecule has 18 heavy (non-hydrogen) atoms. The fourth-order valence-corrected chi connectivity index (χ4v) is 1.09. The molecule has 2 heteroatoms. The highest BCUT2D eigenvalue weighted by Crippen LogP contribution is 2.05. The monoisotopic (exact) mass is 242 g/mol. The van der Waals surface area contributed by atoms with Crippen LogP contribution in [0.1, 0.15) is 38.8 Å². The topological polar surface area (TPSA) is 40.5 Å². The van der Waals surface area contributed by atoms with Gasteiger partial charge in [0.25, 0.3) is 0 Å². The van der Waals surface area contributed by atoms with Crippen LogP contribution in [-0.4, -0.2) is 21.4 Å². The summed E-state index contributed by atoms with van der Waals surface area (Å²) in [7, 11) is 0. The van der Waals surface area contributed by atoms with Crippen LogP contribution in [0.4, 0.5) is 0 Å². The first-order valence-electron chi connectivity index (χ1n) is 5.77. The molecule has 0 radical (unpaired) electrons. The Kier molecular flexibility index (Phi) is 4.19. The maximum Gasteiger partial charge on any atom is 0.120 e. The largest absolute Gasteiger partial charge is 0.378 e. The molecule has 0 aromatic heterocycles. The van der Waals surface area contributed by atoms with Crippen LogP contribution in [0.3, 0.4) is 0 Å². The summed E-state index contributed by atoms with van der Waals surface area (Å²) >= 11 is 0. The summed E-state index contributed by atoms with van der Waals surface area (Å²) < 4.78 is 0. The van der Waals surface area contributed by atoms with E-state index in [-0.39, 0.29) is 0 Å². The summed E-state index contributed by atoms with van der Waals surface area (Å²) in [5, 5.41) is 19.0. The molecule has 1 aromatic carbocycles. The Morgan fingerprint density at radius 1 is 0.722 bits per heavy atom. The van der Waals surface area contributed by atoms with Gasteiger partial charge in [-0.25, -0.2) is 0 Å². The van der Waals surface area contributed by atoms with Crippen molar-refractivity contribution in [3.63, 3.8) is 0 Å². The van der Waals surface area contributed by atoms with Gasteiger partial charge in [0.2, 0.25) is 0 Å². The zero-order valence-corrected chi connectivity index (χ0v) is 11.2. The standard InChI is InChI=1S/C16H18O2/c1-15(2,17)11-9-13-5-7-14(8-6-13)10-12-16(3,4)18/h5-8,17-18H,1-4H3. The van der Waals surface area contributed by atoms with E-state index in [4.69, 9.17) is 0 Å². The van der Waals surface area contributed by atoms with Gasteiger partial charge in [-0.05, 0) is 52.0 Å². The van der Waals surface area contributed by atoms with Gasteiger partial charge in [0, 0.05) is 11.1 Å². The second kappa shape index (κ2) is 5.27. The summed E-state index contributed by atoms with van der Waals surface area (Å²) in [4.78, 5) is 0. The highest BCUT2D eigenvalue weighted by Gasteiger charge is 2.06. The summed E-state index contributed by atoms with van der Waals surface area (Å²) in [6.07, 6.45) is 0. The quantitative estimate of drug-likeness (QED) is 0.682. The Morgan fingerprint density at radius 2 is 1.00 bits per heavy atom. The molecule has 0 aliphatic rings. The molecule has 1 rings (SSSR count). The first-order chi connectivity index (χ1) is 8.16. The first kappa shape index (κ1) is 14.3. The van der Waals surface area contributed by atoms with Crippen LogP contribution in [-0.2, 0) is 0 Å². The van der Waals surface area contributed by atoms with Crippen molar-refractivity contribution < 1.29 is 10.2 Å². The molecule has 0 heterocycles. The van der Waals surface area contributed by atoms with Crippen LogP contribution in [0.2, 0.25) is 0 Å². The van der Waals surface area contributed by atoms with Crippen LogP contribution >= 0.6 is 0 Å². The third-order valence-electron chi connectivity index (χ3n) is 1.91. The van der Waals surface area contributed by atoms with Crippen molar-refractivity contribution in [1.82, 2.24) is 0 Å². The maximum absolute atomic E-state index is 9.48. The number of rotatable bonds is 0. The molecule has 0 fully saturated rings. The van der Waals surface area contributed by atoms with E-state index in [1.807, 2.05) is 24.3 Å². The average molecular weight is 242 g/mol. The van der Waals surface area contributed by atoms with Crippen molar-refractivity contribution in [3.8, 4) is 23.7 Å². The van der Waals surface area contributed by atoms with E-state index in [2.05, 4.69) is 23.7 Å². The lowest BCUT2D eigenvalue weighted by atomic mass is 10.1. The Balaban J connectivity index is 2.86. The minimum Gasteiger partial charge on any atom is -0.378 e. The number of hydrogen-bond donors (Lipinski definition) is 2. The smallest absolute Gasteiger partial charge is 0.120 e. The Labute approximate surface area is 109 Å². The minimum atomic E-state index is -0.987. The Morgan fingerprint density at radius 3 is 1.22 bits per heavy atom. The fourth-order valence-electron chi connectivity index (χ4n) is 1.09. The van der Waals surface area contributed by atoms with E-state index in [0.29, 0.717) is 0 Å². The zero-order valence-electron chi connectivity index (χ0n) is 11.2. The molecular weight excluding hydrogens is 224 g/mol. The van der Waals surface area contributed by atoms with E-state index in [1.54, 1.807) is 27.7 Å². The van der Waals surface area contributed by atoms with E-state index < -0.39 is 11.2 Å². The average Bonchev–Trinajstić information content (AvgIpc) is 2.23. The lowest BCUT2D eigenvalue weighted by molar-refractivity contribution is 0.143. The predicted octanol–water partition coefficient (Wildman–Crippen LogP) is 1.93. The summed E-state index contributed by atoms with van der Waals surface area (Å²) in [6.45, 7) is 6.57. The van der Waals surface area contributed by atoms with Crippen LogP contribution in [0, 0.1) is 23.7 Å². The van der Waals surface area contributed by atoms with Crippen LogP contribution in [0.5, 0.6) is 0 Å². The van der Waals surface area contributed by atoms with Gasteiger partial charge in [-0.1, -0.05) is 23.7 Å². The van der Waals surface area contributed by atoms with Crippen LogP contribution < -0.4 is 0 Å². The van der Waals surface area contributed by atoms with Crippen LogP contribution in [0.25, 0.3) is 0 Å². The Hall–Kier alpha value is -1.74. The molecule has 0 aliphatic carbocycles. The van der Waals surface area contributed by atoms with E-state index >= 15 is 0 Å². The highest BCUT2D eigenvalue weighted by atomic mass is 16.3. The number of benzene rings is 1. The summed E-state index contributed by atoms with van der Waals surface area (Å²) in [5.41, 5.74) is -0.324. The van der Waals surface area contributed by atoms with E-state index in [9.17, 15) is 10.2 Å². The van der Waals surface area contributed by atoms with Gasteiger partial charge >= 0.3 is 0 Å². The molecule has 0 aliphatic heterocycles. The second-order valence-electron chi connectivity index (χ2n) is 5.20. The lowest BCUT2D eigenvalue weighted by Gasteiger charge is -2.06. The van der Waals surface area contributed by atoms with Gasteiger partial charge in [-0.3, -0.25) is 0 Å². The normalized spacial score (nSPS) is 11.0. The lowest BCUT2D eigenvalue weighted by Crippen LogP contribution is -2.14. The van der Waals surface area contributed by atoms with Gasteiger partial charge in [-0.15, -0.1) is 0 Å². The SMILES string of the molecule is CC(C)(O)C#Cc1ccc(C#CC(C)(C)O)cc1. The maximum atomic E-state index is 9.48. The molecule has 2 N–H and O–H groups in total. The molecule has 94 valence electrons. The van der Waals surface area contributed by atoms with Gasteiger partial charge in [-0.2, -0.15) is 0 Å². The van der Waals surface area contributed by atoms with Crippen molar-refractivity contribution in [3.05, 3.63) is 35.4 Å². The predicted molar refractivity (Wildman–Crippen MR) is 72.8 cm³/mol. The van der Waals surface area contributed by atoms with Crippen molar-refractivity contribution in [2.24, 2.45) is 0 Å². The molecule has 0 saturated carbocycles. The number of hydrogen-bond acceptors (Lipinski definition) is 2. The summed E-state index contributed by atoms with van der Waals surface area (Å²) in [6, 6.07) is 7.36. The van der Waals surface area contributed by atoms with Crippen LogP contribution in [0.15, 0.2) is 24.3 Å². The van der Waals surface area contributed by atoms with Crippen molar-refractivity contribution in [2.75, 3.05) is 0 Å². The number of aliphatic hydroxyl groups is 2. The van der Waals surface area contributed by atoms with Gasteiger partial charge in [0.05, 0.1) is 0 Å². The fraction of sp³-hybridized carbons (Fsp3) is 0.375. The third-order valence-corrected chi connectivity index (χ3v) is 1.91. The molecule has 0 saturated heterocycles. The molecule has 0 spiro atoms. The molecule has 1 aromatic rings. The highest BCUT2D eigenvalue weighted by molar-refractivity contribution is 5.43. The van der Waals surface area contributed by atoms with Crippen molar-refractivity contribution in [1.29, 1.82) is 0 Å². The molecule has 2 nitrogen and oxygen atoms in total. The third kappa shape index (κ3) is 6.11. The van der Waals surface area contributed by atoms with E-state index in [0.717, 1.165) is 11.1 Å². The molecule has 0 unspecified atom stereocenters. The van der Waals surface area contributed by atoms with Crippen molar-refractivity contribution in [2.45, 2.75) is 38.9 Å². The molecule has 0 bridgehead atoms. The zero-order chi connectivity index (χ0) is 13.8. The van der Waals surface area contributed by atoms with Gasteiger partial charge in [0.15, 0.2) is 0 Å². The molecule has 0 atom stereocenters. The molecule has 0 amide bonds.